The van der Waals surface area contributed by atoms with E-state index in [-0.39, 0.29) is 0 Å². The van der Waals surface area contributed by atoms with Crippen LogP contribution in [-0.4, -0.2) is 19.3 Å². The lowest BCUT2D eigenvalue weighted by atomic mass is 10.1. The zero-order valence-electron chi connectivity index (χ0n) is 10.3. The Bertz CT molecular complexity index is 488. The molecule has 0 aliphatic carbocycles. The van der Waals surface area contributed by atoms with E-state index in [1.165, 1.54) is 16.0 Å². The number of ether oxygens (including phenoxy) is 1. The van der Waals surface area contributed by atoms with Gasteiger partial charge in [-0.2, -0.15) is 0 Å². The molecule has 1 unspecified atom stereocenters. The second-order valence-corrected chi connectivity index (χ2v) is 5.60. The van der Waals surface area contributed by atoms with Gasteiger partial charge in [0.25, 0.3) is 0 Å². The molecule has 1 saturated heterocycles. The van der Waals surface area contributed by atoms with E-state index in [0.717, 1.165) is 26.2 Å². The molecule has 0 radical (unpaired) electrons. The highest BCUT2D eigenvalue weighted by Gasteiger charge is 2.14. The normalized spacial score (nSPS) is 19.2. The summed E-state index contributed by atoms with van der Waals surface area (Å²) in [5, 5.41) is 5.78. The number of benzene rings is 1. The molecule has 18 heavy (non-hydrogen) atoms. The maximum Gasteiger partial charge on any atom is 0.0620 e. The first kappa shape index (κ1) is 11.9. The second-order valence-electron chi connectivity index (χ2n) is 4.61. The molecule has 94 valence electrons. The molecular formula is C15H17NOS. The van der Waals surface area contributed by atoms with E-state index in [1.807, 2.05) is 11.3 Å². The van der Waals surface area contributed by atoms with Crippen molar-refractivity contribution in [3.8, 4) is 11.1 Å². The monoisotopic (exact) mass is 259 g/mol. The minimum atomic E-state index is 0.535. The van der Waals surface area contributed by atoms with E-state index in [2.05, 4.69) is 47.1 Å². The van der Waals surface area contributed by atoms with Gasteiger partial charge in [-0.25, -0.2) is 0 Å². The van der Waals surface area contributed by atoms with E-state index >= 15 is 0 Å². The molecule has 2 heterocycles. The summed E-state index contributed by atoms with van der Waals surface area (Å²) in [7, 11) is 0. The molecule has 0 amide bonds. The quantitative estimate of drug-likeness (QED) is 0.909. The molecule has 1 N–H and O–H groups in total. The van der Waals surface area contributed by atoms with Crippen molar-refractivity contribution in [1.82, 2.24) is 5.32 Å². The van der Waals surface area contributed by atoms with Crippen molar-refractivity contribution in [2.45, 2.75) is 19.0 Å². The molecule has 1 aromatic carbocycles. The second kappa shape index (κ2) is 5.65. The maximum absolute atomic E-state index is 5.36. The zero-order valence-corrected chi connectivity index (χ0v) is 11.1. The van der Waals surface area contributed by atoms with Crippen molar-refractivity contribution in [3.05, 3.63) is 46.7 Å². The summed E-state index contributed by atoms with van der Waals surface area (Å²) >= 11 is 1.82. The Morgan fingerprint density at radius 2 is 2.11 bits per heavy atom. The van der Waals surface area contributed by atoms with Gasteiger partial charge in [0, 0.05) is 24.1 Å². The predicted octanol–water partition coefficient (Wildman–Crippen LogP) is 3.29. The number of hydrogen-bond donors (Lipinski definition) is 1. The van der Waals surface area contributed by atoms with Crippen LogP contribution in [0.25, 0.3) is 11.1 Å². The van der Waals surface area contributed by atoms with Crippen LogP contribution >= 0.6 is 11.3 Å². The minimum absolute atomic E-state index is 0.535. The van der Waals surface area contributed by atoms with Crippen LogP contribution in [0.15, 0.2) is 41.8 Å². The van der Waals surface area contributed by atoms with Gasteiger partial charge in [-0.3, -0.25) is 0 Å². The van der Waals surface area contributed by atoms with Crippen LogP contribution in [0, 0.1) is 0 Å². The highest BCUT2D eigenvalue weighted by molar-refractivity contribution is 7.10. The van der Waals surface area contributed by atoms with Crippen molar-refractivity contribution >= 4 is 11.3 Å². The molecule has 2 nitrogen and oxygen atoms in total. The van der Waals surface area contributed by atoms with Crippen LogP contribution in [0.1, 0.15) is 11.3 Å². The highest BCUT2D eigenvalue weighted by Crippen LogP contribution is 2.25. The smallest absolute Gasteiger partial charge is 0.0620 e. The first-order chi connectivity index (χ1) is 8.92. The van der Waals surface area contributed by atoms with Gasteiger partial charge < -0.3 is 10.1 Å². The number of hydrogen-bond acceptors (Lipinski definition) is 3. The topological polar surface area (TPSA) is 21.3 Å². The fourth-order valence-electron chi connectivity index (χ4n) is 2.20. The zero-order chi connectivity index (χ0) is 12.2. The average molecular weight is 259 g/mol. The third kappa shape index (κ3) is 2.80. The van der Waals surface area contributed by atoms with E-state index in [0.29, 0.717) is 6.04 Å². The molecule has 0 saturated carbocycles. The SMILES string of the molecule is c1ccc(-c2csc(CNC3CCOC3)c2)cc1. The molecule has 1 aliphatic rings. The summed E-state index contributed by atoms with van der Waals surface area (Å²) in [6.45, 7) is 2.71. The van der Waals surface area contributed by atoms with E-state index in [4.69, 9.17) is 4.74 Å². The summed E-state index contributed by atoms with van der Waals surface area (Å²) in [6, 6.07) is 13.4. The average Bonchev–Trinajstić information content (AvgIpc) is 3.09. The molecule has 1 aromatic heterocycles. The molecule has 0 spiro atoms. The van der Waals surface area contributed by atoms with Crippen LogP contribution in [0.2, 0.25) is 0 Å². The molecular weight excluding hydrogens is 242 g/mol. The Morgan fingerprint density at radius 3 is 2.89 bits per heavy atom. The highest BCUT2D eigenvalue weighted by atomic mass is 32.1. The fraction of sp³-hybridized carbons (Fsp3) is 0.333. The minimum Gasteiger partial charge on any atom is -0.380 e. The third-order valence-corrected chi connectivity index (χ3v) is 4.19. The van der Waals surface area contributed by atoms with Crippen LogP contribution < -0.4 is 5.32 Å². The van der Waals surface area contributed by atoms with Crippen molar-refractivity contribution < 1.29 is 4.74 Å². The molecule has 0 bridgehead atoms. The van der Waals surface area contributed by atoms with Gasteiger partial charge in [-0.05, 0) is 29.0 Å². The van der Waals surface area contributed by atoms with Gasteiger partial charge in [0.05, 0.1) is 6.61 Å². The Kier molecular flexibility index (Phi) is 3.74. The van der Waals surface area contributed by atoms with Crippen molar-refractivity contribution in [1.29, 1.82) is 0 Å². The first-order valence-electron chi connectivity index (χ1n) is 6.36. The lowest BCUT2D eigenvalue weighted by Crippen LogP contribution is -2.28. The van der Waals surface area contributed by atoms with Gasteiger partial charge in [-0.15, -0.1) is 11.3 Å². The van der Waals surface area contributed by atoms with Crippen LogP contribution in [0.4, 0.5) is 0 Å². The Morgan fingerprint density at radius 1 is 1.22 bits per heavy atom. The fourth-order valence-corrected chi connectivity index (χ4v) is 3.04. The molecule has 1 atom stereocenters. The van der Waals surface area contributed by atoms with Crippen LogP contribution in [0.3, 0.4) is 0 Å². The van der Waals surface area contributed by atoms with Crippen molar-refractivity contribution in [3.63, 3.8) is 0 Å². The van der Waals surface area contributed by atoms with E-state index in [9.17, 15) is 0 Å². The van der Waals surface area contributed by atoms with Crippen molar-refractivity contribution in [2.24, 2.45) is 0 Å². The Labute approximate surface area is 112 Å². The molecule has 2 aromatic rings. The van der Waals surface area contributed by atoms with Crippen LogP contribution in [-0.2, 0) is 11.3 Å². The summed E-state index contributed by atoms with van der Waals surface area (Å²) in [5.74, 6) is 0. The van der Waals surface area contributed by atoms with Gasteiger partial charge in [0.15, 0.2) is 0 Å². The lowest BCUT2D eigenvalue weighted by Gasteiger charge is -2.08. The van der Waals surface area contributed by atoms with Gasteiger partial charge in [0.2, 0.25) is 0 Å². The van der Waals surface area contributed by atoms with E-state index in [1.54, 1.807) is 0 Å². The summed E-state index contributed by atoms with van der Waals surface area (Å²) < 4.78 is 5.36. The molecule has 1 aliphatic heterocycles. The Balaban J connectivity index is 1.63. The largest absolute Gasteiger partial charge is 0.380 e. The van der Waals surface area contributed by atoms with Gasteiger partial charge in [-0.1, -0.05) is 30.3 Å². The first-order valence-corrected chi connectivity index (χ1v) is 7.24. The van der Waals surface area contributed by atoms with E-state index < -0.39 is 0 Å². The maximum atomic E-state index is 5.36. The third-order valence-electron chi connectivity index (χ3n) is 3.26. The molecule has 3 heteroatoms. The standard InChI is InChI=1S/C15H17NOS/c1-2-4-12(5-3-1)13-8-15(18-11-13)9-16-14-6-7-17-10-14/h1-5,8,11,14,16H,6-7,9-10H2. The lowest BCUT2D eigenvalue weighted by molar-refractivity contribution is 0.190. The summed E-state index contributed by atoms with van der Waals surface area (Å²) in [6.07, 6.45) is 1.14. The number of rotatable bonds is 4. The van der Waals surface area contributed by atoms with Gasteiger partial charge in [0.1, 0.15) is 0 Å². The van der Waals surface area contributed by atoms with Crippen molar-refractivity contribution in [2.75, 3.05) is 13.2 Å². The predicted molar refractivity (Wildman–Crippen MR) is 75.8 cm³/mol. The Hall–Kier alpha value is -1.16. The summed E-state index contributed by atoms with van der Waals surface area (Å²) in [5.41, 5.74) is 2.62. The van der Waals surface area contributed by atoms with Crippen LogP contribution in [0.5, 0.6) is 0 Å². The molecule has 3 rings (SSSR count). The number of thiophene rings is 1. The van der Waals surface area contributed by atoms with Gasteiger partial charge >= 0.3 is 0 Å². The molecule has 1 fully saturated rings. The summed E-state index contributed by atoms with van der Waals surface area (Å²) in [4.78, 5) is 1.39. The number of nitrogens with one attached hydrogen (secondary N) is 1.